The average molecular weight is 341 g/mol. The summed E-state index contributed by atoms with van der Waals surface area (Å²) in [5.41, 5.74) is 3.41. The molecule has 3 rings (SSSR count). The summed E-state index contributed by atoms with van der Waals surface area (Å²) in [4.78, 5) is 16.2. The third kappa shape index (κ3) is 3.24. The third-order valence-corrected chi connectivity index (χ3v) is 5.55. The zero-order valence-corrected chi connectivity index (χ0v) is 15.2. The van der Waals surface area contributed by atoms with E-state index in [9.17, 15) is 4.79 Å². The molecule has 2 aromatic rings. The van der Waals surface area contributed by atoms with Gasteiger partial charge in [-0.1, -0.05) is 18.6 Å². The number of thiophene rings is 1. The topological polar surface area (TPSA) is 29.5 Å². The molecule has 0 bridgehead atoms. The standard InChI is InChI=1S/C20H23NO2S/c1-4-17-16-10-12-24-19(16)9-11-21(17)20(22)8-6-15-13-14(2)5-7-18(15)23-3/h5-8,10,12-13,17H,4,9,11H2,1-3H3/b8-6+. The van der Waals surface area contributed by atoms with Crippen LogP contribution in [-0.4, -0.2) is 24.5 Å². The molecule has 1 aliphatic heterocycles. The number of methoxy groups -OCH3 is 1. The van der Waals surface area contributed by atoms with Crippen LogP contribution in [0.3, 0.4) is 0 Å². The molecular formula is C20H23NO2S. The summed E-state index contributed by atoms with van der Waals surface area (Å²) in [6.45, 7) is 4.97. The van der Waals surface area contributed by atoms with E-state index >= 15 is 0 Å². The Morgan fingerprint density at radius 3 is 3.00 bits per heavy atom. The van der Waals surface area contributed by atoms with Gasteiger partial charge in [-0.3, -0.25) is 4.79 Å². The minimum absolute atomic E-state index is 0.0715. The summed E-state index contributed by atoms with van der Waals surface area (Å²) in [5.74, 6) is 0.859. The van der Waals surface area contributed by atoms with Gasteiger partial charge < -0.3 is 9.64 Å². The Morgan fingerprint density at radius 2 is 2.25 bits per heavy atom. The van der Waals surface area contributed by atoms with E-state index in [4.69, 9.17) is 4.74 Å². The summed E-state index contributed by atoms with van der Waals surface area (Å²) in [6, 6.07) is 8.34. The summed E-state index contributed by atoms with van der Waals surface area (Å²) in [5, 5.41) is 2.13. The first-order chi connectivity index (χ1) is 11.6. The van der Waals surface area contributed by atoms with Crippen LogP contribution in [0.1, 0.15) is 41.0 Å². The Morgan fingerprint density at radius 1 is 1.42 bits per heavy atom. The highest BCUT2D eigenvalue weighted by atomic mass is 32.1. The summed E-state index contributed by atoms with van der Waals surface area (Å²) in [7, 11) is 1.65. The van der Waals surface area contributed by atoms with Crippen molar-refractivity contribution in [3.8, 4) is 5.75 Å². The zero-order chi connectivity index (χ0) is 17.1. The van der Waals surface area contributed by atoms with Crippen LogP contribution in [0.5, 0.6) is 5.75 Å². The number of nitrogens with zero attached hydrogens (tertiary/aromatic N) is 1. The van der Waals surface area contributed by atoms with Crippen molar-refractivity contribution in [1.82, 2.24) is 4.90 Å². The minimum atomic E-state index is 0.0715. The fourth-order valence-corrected chi connectivity index (χ4v) is 4.27. The van der Waals surface area contributed by atoms with Gasteiger partial charge in [-0.2, -0.15) is 0 Å². The van der Waals surface area contributed by atoms with Crippen LogP contribution in [-0.2, 0) is 11.2 Å². The molecular weight excluding hydrogens is 318 g/mol. The van der Waals surface area contributed by atoms with Gasteiger partial charge in [0.1, 0.15) is 5.75 Å². The predicted molar refractivity (Wildman–Crippen MR) is 99.5 cm³/mol. The molecule has 4 heteroatoms. The summed E-state index contributed by atoms with van der Waals surface area (Å²) >= 11 is 1.80. The molecule has 0 saturated heterocycles. The highest BCUT2D eigenvalue weighted by molar-refractivity contribution is 7.10. The Kier molecular flexibility index (Phi) is 5.05. The number of carbonyl (C=O) groups is 1. The van der Waals surface area contributed by atoms with Crippen molar-refractivity contribution < 1.29 is 9.53 Å². The third-order valence-electron chi connectivity index (χ3n) is 4.56. The molecule has 1 atom stereocenters. The van der Waals surface area contributed by atoms with Crippen molar-refractivity contribution in [1.29, 1.82) is 0 Å². The number of fused-ring (bicyclic) bond motifs is 1. The molecule has 1 aliphatic rings. The van der Waals surface area contributed by atoms with Gasteiger partial charge in [0.2, 0.25) is 5.91 Å². The molecule has 0 fully saturated rings. The summed E-state index contributed by atoms with van der Waals surface area (Å²) < 4.78 is 5.38. The van der Waals surface area contributed by atoms with Crippen molar-refractivity contribution in [3.63, 3.8) is 0 Å². The van der Waals surface area contributed by atoms with Gasteiger partial charge in [0.05, 0.1) is 13.2 Å². The zero-order valence-electron chi connectivity index (χ0n) is 14.4. The molecule has 1 aromatic carbocycles. The van der Waals surface area contributed by atoms with Crippen molar-refractivity contribution in [2.45, 2.75) is 32.7 Å². The minimum Gasteiger partial charge on any atom is -0.496 e. The summed E-state index contributed by atoms with van der Waals surface area (Å²) in [6.07, 6.45) is 5.44. The van der Waals surface area contributed by atoms with Gasteiger partial charge >= 0.3 is 0 Å². The van der Waals surface area contributed by atoms with E-state index in [1.54, 1.807) is 24.5 Å². The number of ether oxygens (including phenoxy) is 1. The largest absolute Gasteiger partial charge is 0.496 e. The van der Waals surface area contributed by atoms with Crippen LogP contribution in [0.2, 0.25) is 0 Å². The van der Waals surface area contributed by atoms with Crippen LogP contribution in [0.4, 0.5) is 0 Å². The SMILES string of the molecule is CCC1c2ccsc2CCN1C(=O)/C=C/c1cc(C)ccc1OC. The van der Waals surface area contributed by atoms with Gasteiger partial charge in [-0.15, -0.1) is 11.3 Å². The molecule has 0 radical (unpaired) electrons. The van der Waals surface area contributed by atoms with Crippen molar-refractivity contribution in [2.75, 3.05) is 13.7 Å². The number of rotatable bonds is 4. The lowest BCUT2D eigenvalue weighted by molar-refractivity contribution is -0.128. The first-order valence-corrected chi connectivity index (χ1v) is 9.21. The van der Waals surface area contributed by atoms with Crippen LogP contribution in [0.15, 0.2) is 35.7 Å². The number of carbonyl (C=O) groups excluding carboxylic acids is 1. The molecule has 3 nitrogen and oxygen atoms in total. The fourth-order valence-electron chi connectivity index (χ4n) is 3.34. The van der Waals surface area contributed by atoms with Gasteiger partial charge in [-0.05, 0) is 55.0 Å². The van der Waals surface area contributed by atoms with E-state index in [0.717, 1.165) is 36.3 Å². The first kappa shape index (κ1) is 16.8. The van der Waals surface area contributed by atoms with Crippen molar-refractivity contribution in [2.24, 2.45) is 0 Å². The van der Waals surface area contributed by atoms with E-state index in [1.165, 1.54) is 10.4 Å². The number of hydrogen-bond acceptors (Lipinski definition) is 3. The van der Waals surface area contributed by atoms with Gasteiger partial charge in [0, 0.05) is 23.1 Å². The van der Waals surface area contributed by atoms with E-state index < -0.39 is 0 Å². The van der Waals surface area contributed by atoms with E-state index in [1.807, 2.05) is 36.1 Å². The molecule has 1 amide bonds. The highest BCUT2D eigenvalue weighted by Gasteiger charge is 2.29. The molecule has 126 valence electrons. The number of aryl methyl sites for hydroxylation is 1. The lowest BCUT2D eigenvalue weighted by Crippen LogP contribution is -2.38. The quantitative estimate of drug-likeness (QED) is 0.760. The lowest BCUT2D eigenvalue weighted by atomic mass is 9.97. The maximum atomic E-state index is 12.8. The monoisotopic (exact) mass is 341 g/mol. The first-order valence-electron chi connectivity index (χ1n) is 8.33. The molecule has 2 heterocycles. The van der Waals surface area contributed by atoms with Crippen LogP contribution >= 0.6 is 11.3 Å². The maximum Gasteiger partial charge on any atom is 0.247 e. The second-order valence-electron chi connectivity index (χ2n) is 6.08. The van der Waals surface area contributed by atoms with Crippen molar-refractivity contribution >= 4 is 23.3 Å². The van der Waals surface area contributed by atoms with E-state index in [0.29, 0.717) is 0 Å². The van der Waals surface area contributed by atoms with Crippen molar-refractivity contribution in [3.05, 3.63) is 57.3 Å². The Labute approximate surface area is 147 Å². The Balaban J connectivity index is 1.81. The lowest BCUT2D eigenvalue weighted by Gasteiger charge is -2.34. The normalized spacial score (nSPS) is 17.1. The molecule has 0 N–H and O–H groups in total. The molecule has 24 heavy (non-hydrogen) atoms. The molecule has 1 unspecified atom stereocenters. The maximum absolute atomic E-state index is 12.8. The van der Waals surface area contributed by atoms with Gasteiger partial charge in [-0.25, -0.2) is 0 Å². The second kappa shape index (κ2) is 7.22. The van der Waals surface area contributed by atoms with Gasteiger partial charge in [0.15, 0.2) is 0 Å². The number of hydrogen-bond donors (Lipinski definition) is 0. The molecule has 0 spiro atoms. The van der Waals surface area contributed by atoms with E-state index in [2.05, 4.69) is 18.4 Å². The molecule has 0 aliphatic carbocycles. The second-order valence-corrected chi connectivity index (χ2v) is 7.08. The Hall–Kier alpha value is -2.07. The predicted octanol–water partition coefficient (Wildman–Crippen LogP) is 4.61. The van der Waals surface area contributed by atoms with E-state index in [-0.39, 0.29) is 11.9 Å². The molecule has 0 saturated carbocycles. The average Bonchev–Trinajstić information content (AvgIpc) is 3.07. The molecule has 1 aromatic heterocycles. The van der Waals surface area contributed by atoms with Crippen LogP contribution in [0.25, 0.3) is 6.08 Å². The fraction of sp³-hybridized carbons (Fsp3) is 0.350. The van der Waals surface area contributed by atoms with Crippen LogP contribution < -0.4 is 4.74 Å². The van der Waals surface area contributed by atoms with Crippen LogP contribution in [0, 0.1) is 6.92 Å². The number of benzene rings is 1. The van der Waals surface area contributed by atoms with Gasteiger partial charge in [0.25, 0.3) is 0 Å². The Bertz CT molecular complexity index is 763. The smallest absolute Gasteiger partial charge is 0.247 e. The highest BCUT2D eigenvalue weighted by Crippen LogP contribution is 2.35. The number of amides is 1.